The minimum Gasteiger partial charge on any atom is -0.375 e. The molecule has 0 bridgehead atoms. The van der Waals surface area contributed by atoms with Crippen molar-refractivity contribution in [3.8, 4) is 11.3 Å². The first kappa shape index (κ1) is 18.6. The Bertz CT molecular complexity index is 921. The van der Waals surface area contributed by atoms with Crippen LogP contribution < -0.4 is 10.2 Å². The van der Waals surface area contributed by atoms with Crippen molar-refractivity contribution in [3.63, 3.8) is 0 Å². The van der Waals surface area contributed by atoms with E-state index in [1.54, 1.807) is 37.3 Å². The van der Waals surface area contributed by atoms with Crippen LogP contribution in [0.3, 0.4) is 0 Å². The van der Waals surface area contributed by atoms with Crippen LogP contribution in [0.5, 0.6) is 0 Å². The van der Waals surface area contributed by atoms with Gasteiger partial charge in [0.2, 0.25) is 0 Å². The standard InChI is InChI=1S/C21H23FN4O/c1-4-17(20-23-13-18(24-20)14-8-6-5-7-9-14)25-21(27)15-10-11-19(26(2)3)16(22)12-15/h5-13,17H,4H2,1-3H3,(H,23,24)(H,25,27). The molecule has 0 aliphatic heterocycles. The number of aromatic nitrogens is 2. The van der Waals surface area contributed by atoms with E-state index in [9.17, 15) is 9.18 Å². The molecule has 6 heteroatoms. The molecular formula is C21H23FN4O. The Kier molecular flexibility index (Phi) is 5.54. The maximum absolute atomic E-state index is 14.2. The molecular weight excluding hydrogens is 343 g/mol. The van der Waals surface area contributed by atoms with Crippen molar-refractivity contribution in [2.75, 3.05) is 19.0 Å². The van der Waals surface area contributed by atoms with Gasteiger partial charge in [-0.25, -0.2) is 9.37 Å². The molecule has 0 radical (unpaired) electrons. The van der Waals surface area contributed by atoms with Crippen LogP contribution in [0.1, 0.15) is 35.6 Å². The molecule has 0 saturated carbocycles. The van der Waals surface area contributed by atoms with Gasteiger partial charge in [0.15, 0.2) is 0 Å². The third kappa shape index (κ3) is 4.16. The van der Waals surface area contributed by atoms with Crippen molar-refractivity contribution < 1.29 is 9.18 Å². The van der Waals surface area contributed by atoms with Crippen molar-refractivity contribution in [1.82, 2.24) is 15.3 Å². The number of carbonyl (C=O) groups excluding carboxylic acids is 1. The van der Waals surface area contributed by atoms with Crippen LogP contribution >= 0.6 is 0 Å². The van der Waals surface area contributed by atoms with E-state index in [1.807, 2.05) is 37.3 Å². The van der Waals surface area contributed by atoms with Gasteiger partial charge in [-0.3, -0.25) is 4.79 Å². The number of hydrogen-bond donors (Lipinski definition) is 2. The number of amides is 1. The topological polar surface area (TPSA) is 61.0 Å². The molecule has 0 saturated heterocycles. The summed E-state index contributed by atoms with van der Waals surface area (Å²) in [5, 5.41) is 2.93. The number of halogens is 1. The predicted molar refractivity (Wildman–Crippen MR) is 105 cm³/mol. The number of nitrogens with zero attached hydrogens (tertiary/aromatic N) is 2. The number of rotatable bonds is 6. The zero-order chi connectivity index (χ0) is 19.4. The quantitative estimate of drug-likeness (QED) is 0.688. The number of anilines is 1. The monoisotopic (exact) mass is 366 g/mol. The van der Waals surface area contributed by atoms with Crippen LogP contribution in [-0.4, -0.2) is 30.0 Å². The van der Waals surface area contributed by atoms with Gasteiger partial charge in [-0.2, -0.15) is 0 Å². The van der Waals surface area contributed by atoms with Crippen LogP contribution in [0.2, 0.25) is 0 Å². The van der Waals surface area contributed by atoms with Crippen LogP contribution in [-0.2, 0) is 0 Å². The summed E-state index contributed by atoms with van der Waals surface area (Å²) in [7, 11) is 3.51. The van der Waals surface area contributed by atoms with Crippen LogP contribution in [0.25, 0.3) is 11.3 Å². The summed E-state index contributed by atoms with van der Waals surface area (Å²) in [4.78, 5) is 21.9. The molecule has 0 fully saturated rings. The van der Waals surface area contributed by atoms with Gasteiger partial charge in [0.05, 0.1) is 23.6 Å². The van der Waals surface area contributed by atoms with Gasteiger partial charge in [-0.05, 0) is 30.2 Å². The fraction of sp³-hybridized carbons (Fsp3) is 0.238. The number of hydrogen-bond acceptors (Lipinski definition) is 3. The highest BCUT2D eigenvalue weighted by Crippen LogP contribution is 2.22. The van der Waals surface area contributed by atoms with E-state index in [2.05, 4.69) is 15.3 Å². The largest absolute Gasteiger partial charge is 0.375 e. The summed E-state index contributed by atoms with van der Waals surface area (Å²) in [5.74, 6) is -0.0798. The second-order valence-electron chi connectivity index (χ2n) is 6.54. The number of aromatic amines is 1. The van der Waals surface area contributed by atoms with Crippen molar-refractivity contribution in [1.29, 1.82) is 0 Å². The van der Waals surface area contributed by atoms with Crippen LogP contribution in [0, 0.1) is 5.82 Å². The van der Waals surface area contributed by atoms with Crippen molar-refractivity contribution in [2.45, 2.75) is 19.4 Å². The average molecular weight is 366 g/mol. The highest BCUT2D eigenvalue weighted by atomic mass is 19.1. The Labute approximate surface area is 158 Å². The number of nitrogens with one attached hydrogen (secondary N) is 2. The molecule has 0 aliphatic rings. The third-order valence-corrected chi connectivity index (χ3v) is 4.42. The summed E-state index contributed by atoms with van der Waals surface area (Å²) in [5.41, 5.74) is 2.64. The molecule has 1 heterocycles. The molecule has 3 rings (SSSR count). The summed E-state index contributed by atoms with van der Waals surface area (Å²) >= 11 is 0. The number of carbonyl (C=O) groups is 1. The summed E-state index contributed by atoms with van der Waals surface area (Å²) in [6.45, 7) is 1.96. The molecule has 0 aliphatic carbocycles. The summed E-state index contributed by atoms with van der Waals surface area (Å²) in [6.07, 6.45) is 2.41. The molecule has 140 valence electrons. The molecule has 27 heavy (non-hydrogen) atoms. The molecule has 1 aromatic heterocycles. The van der Waals surface area contributed by atoms with E-state index in [1.165, 1.54) is 6.07 Å². The lowest BCUT2D eigenvalue weighted by molar-refractivity contribution is 0.0933. The van der Waals surface area contributed by atoms with E-state index < -0.39 is 5.82 Å². The summed E-state index contributed by atoms with van der Waals surface area (Å²) < 4.78 is 14.2. The third-order valence-electron chi connectivity index (χ3n) is 4.42. The SMILES string of the molecule is CCC(NC(=O)c1ccc(N(C)C)c(F)c1)c1ncc(-c2ccccc2)[nH]1. The minimum atomic E-state index is -0.426. The lowest BCUT2D eigenvalue weighted by atomic mass is 10.1. The Balaban J connectivity index is 1.76. The molecule has 5 nitrogen and oxygen atoms in total. The molecule has 2 N–H and O–H groups in total. The second kappa shape index (κ2) is 8.03. The van der Waals surface area contributed by atoms with Gasteiger partial charge >= 0.3 is 0 Å². The Morgan fingerprint density at radius 2 is 1.96 bits per heavy atom. The molecule has 1 atom stereocenters. The van der Waals surface area contributed by atoms with Crippen molar-refractivity contribution >= 4 is 11.6 Å². The Morgan fingerprint density at radius 1 is 1.22 bits per heavy atom. The summed E-state index contributed by atoms with van der Waals surface area (Å²) in [6, 6.07) is 14.1. The lowest BCUT2D eigenvalue weighted by Gasteiger charge is -2.17. The lowest BCUT2D eigenvalue weighted by Crippen LogP contribution is -2.29. The van der Waals surface area contributed by atoms with E-state index >= 15 is 0 Å². The second-order valence-corrected chi connectivity index (χ2v) is 6.54. The van der Waals surface area contributed by atoms with Gasteiger partial charge < -0.3 is 15.2 Å². The predicted octanol–water partition coefficient (Wildman–Crippen LogP) is 4.16. The molecule has 0 spiro atoms. The van der Waals surface area contributed by atoms with Gasteiger partial charge in [0, 0.05) is 19.7 Å². The number of benzene rings is 2. The van der Waals surface area contributed by atoms with E-state index in [0.29, 0.717) is 17.9 Å². The number of H-pyrrole nitrogens is 1. The van der Waals surface area contributed by atoms with E-state index in [0.717, 1.165) is 11.3 Å². The highest BCUT2D eigenvalue weighted by molar-refractivity contribution is 5.94. The maximum atomic E-state index is 14.2. The Hall–Kier alpha value is -3.15. The van der Waals surface area contributed by atoms with Gasteiger partial charge in [-0.1, -0.05) is 37.3 Å². The zero-order valence-electron chi connectivity index (χ0n) is 15.7. The van der Waals surface area contributed by atoms with Gasteiger partial charge in [0.25, 0.3) is 5.91 Å². The zero-order valence-corrected chi connectivity index (χ0v) is 15.7. The molecule has 3 aromatic rings. The first-order valence-electron chi connectivity index (χ1n) is 8.87. The molecule has 1 amide bonds. The molecule has 2 aromatic carbocycles. The van der Waals surface area contributed by atoms with Crippen molar-refractivity contribution in [3.05, 3.63) is 71.9 Å². The van der Waals surface area contributed by atoms with Crippen LogP contribution in [0.4, 0.5) is 10.1 Å². The fourth-order valence-corrected chi connectivity index (χ4v) is 2.89. The first-order valence-corrected chi connectivity index (χ1v) is 8.87. The number of imidazole rings is 1. The van der Waals surface area contributed by atoms with Gasteiger partial charge in [-0.15, -0.1) is 0 Å². The molecule has 1 unspecified atom stereocenters. The van der Waals surface area contributed by atoms with Crippen molar-refractivity contribution in [2.24, 2.45) is 0 Å². The van der Waals surface area contributed by atoms with Crippen LogP contribution in [0.15, 0.2) is 54.7 Å². The normalized spacial score (nSPS) is 11.9. The fourth-order valence-electron chi connectivity index (χ4n) is 2.89. The minimum absolute atomic E-state index is 0.284. The Morgan fingerprint density at radius 3 is 2.59 bits per heavy atom. The average Bonchev–Trinajstić information content (AvgIpc) is 3.16. The van der Waals surface area contributed by atoms with E-state index in [4.69, 9.17) is 0 Å². The first-order chi connectivity index (χ1) is 13.0. The van der Waals surface area contributed by atoms with E-state index in [-0.39, 0.29) is 17.5 Å². The highest BCUT2D eigenvalue weighted by Gasteiger charge is 2.18. The van der Waals surface area contributed by atoms with Gasteiger partial charge in [0.1, 0.15) is 11.6 Å². The maximum Gasteiger partial charge on any atom is 0.251 e. The smallest absolute Gasteiger partial charge is 0.251 e.